The van der Waals surface area contributed by atoms with E-state index >= 15 is 0 Å². The van der Waals surface area contributed by atoms with Gasteiger partial charge in [-0.25, -0.2) is 0 Å². The van der Waals surface area contributed by atoms with E-state index in [0.29, 0.717) is 18.3 Å². The molecule has 0 bridgehead atoms. The lowest BCUT2D eigenvalue weighted by molar-refractivity contribution is -0.140. The molecule has 0 aromatic carbocycles. The molecular formula is C18H24O2. The summed E-state index contributed by atoms with van der Waals surface area (Å²) in [5.41, 5.74) is 1.39. The van der Waals surface area contributed by atoms with Gasteiger partial charge in [-0.05, 0) is 68.6 Å². The van der Waals surface area contributed by atoms with Gasteiger partial charge in [0.25, 0.3) is 0 Å². The second kappa shape index (κ2) is 4.29. The maximum absolute atomic E-state index is 12.3. The van der Waals surface area contributed by atoms with Crippen LogP contribution in [0.4, 0.5) is 0 Å². The summed E-state index contributed by atoms with van der Waals surface area (Å²) >= 11 is 0. The quantitative estimate of drug-likeness (QED) is 0.498. The summed E-state index contributed by atoms with van der Waals surface area (Å²) in [5, 5.41) is 0. The minimum absolute atomic E-state index is 0.0501. The van der Waals surface area contributed by atoms with Gasteiger partial charge in [0.15, 0.2) is 5.78 Å². The lowest BCUT2D eigenvalue weighted by Crippen LogP contribution is -2.46. The number of Topliss-reactive ketones (excluding diaryl/α,β-unsaturated/α-hetero) is 2. The number of rotatable bonds is 0. The van der Waals surface area contributed by atoms with Gasteiger partial charge in [0.2, 0.25) is 5.78 Å². The molecule has 108 valence electrons. The minimum Gasteiger partial charge on any atom is -0.291 e. The third kappa shape index (κ3) is 1.57. The van der Waals surface area contributed by atoms with Gasteiger partial charge in [-0.15, -0.1) is 0 Å². The normalized spacial score (nSPS) is 47.4. The minimum atomic E-state index is -0.311. The summed E-state index contributed by atoms with van der Waals surface area (Å²) in [6.45, 7) is 2.08. The predicted molar refractivity (Wildman–Crippen MR) is 77.1 cm³/mol. The summed E-state index contributed by atoms with van der Waals surface area (Å²) in [5.74, 6) is 2.38. The van der Waals surface area contributed by atoms with Crippen molar-refractivity contribution in [2.75, 3.05) is 0 Å². The van der Waals surface area contributed by atoms with Crippen LogP contribution in [0.1, 0.15) is 58.3 Å². The highest BCUT2D eigenvalue weighted by Gasteiger charge is 2.59. The Labute approximate surface area is 121 Å². The van der Waals surface area contributed by atoms with E-state index in [1.807, 2.05) is 0 Å². The molecule has 0 amide bonds. The molecule has 0 aromatic heterocycles. The zero-order valence-corrected chi connectivity index (χ0v) is 12.4. The highest BCUT2D eigenvalue weighted by molar-refractivity contribution is 6.41. The van der Waals surface area contributed by atoms with E-state index in [1.54, 1.807) is 5.57 Å². The molecule has 20 heavy (non-hydrogen) atoms. The third-order valence-corrected chi connectivity index (χ3v) is 6.94. The molecule has 3 saturated carbocycles. The average molecular weight is 272 g/mol. The van der Waals surface area contributed by atoms with E-state index in [-0.39, 0.29) is 17.0 Å². The largest absolute Gasteiger partial charge is 0.291 e. The SMILES string of the molecule is C[C@]12CC[C@H]3[C@@H](CCC4=CCCC[C@@H]43)[C@@H]1CC(=O)C2=O. The summed E-state index contributed by atoms with van der Waals surface area (Å²) < 4.78 is 0. The van der Waals surface area contributed by atoms with Gasteiger partial charge in [0, 0.05) is 11.8 Å². The van der Waals surface area contributed by atoms with Gasteiger partial charge >= 0.3 is 0 Å². The van der Waals surface area contributed by atoms with Gasteiger partial charge < -0.3 is 0 Å². The van der Waals surface area contributed by atoms with Crippen molar-refractivity contribution in [3.05, 3.63) is 11.6 Å². The molecule has 4 aliphatic carbocycles. The summed E-state index contributed by atoms with van der Waals surface area (Å²) in [6.07, 6.45) is 11.5. The van der Waals surface area contributed by atoms with Crippen LogP contribution in [0.3, 0.4) is 0 Å². The zero-order chi connectivity index (χ0) is 13.9. The number of hydrogen-bond acceptors (Lipinski definition) is 2. The Morgan fingerprint density at radius 2 is 2.00 bits per heavy atom. The molecule has 5 atom stereocenters. The Morgan fingerprint density at radius 3 is 2.85 bits per heavy atom. The molecule has 0 radical (unpaired) electrons. The molecule has 2 nitrogen and oxygen atoms in total. The van der Waals surface area contributed by atoms with Crippen LogP contribution in [0.25, 0.3) is 0 Å². The lowest BCUT2D eigenvalue weighted by atomic mass is 9.52. The standard InChI is InChI=1S/C18H24O2/c1-18-9-8-13-12-5-3-2-4-11(12)6-7-14(13)15(18)10-16(19)17(18)20/h4,12-15H,2-3,5-10H2,1H3/t12-,13+,14+,15-,18-/m0/s1. The van der Waals surface area contributed by atoms with Crippen LogP contribution in [0.2, 0.25) is 0 Å². The maximum Gasteiger partial charge on any atom is 0.204 e. The van der Waals surface area contributed by atoms with Crippen molar-refractivity contribution in [2.45, 2.75) is 58.3 Å². The Hall–Kier alpha value is -0.920. The highest BCUT2D eigenvalue weighted by Crippen LogP contribution is 2.59. The molecular weight excluding hydrogens is 248 g/mol. The zero-order valence-electron chi connectivity index (χ0n) is 12.4. The number of hydrogen-bond donors (Lipinski definition) is 0. The first kappa shape index (κ1) is 12.8. The first-order valence-corrected chi connectivity index (χ1v) is 8.38. The fraction of sp³-hybridized carbons (Fsp3) is 0.778. The fourth-order valence-corrected chi connectivity index (χ4v) is 5.89. The molecule has 3 fully saturated rings. The van der Waals surface area contributed by atoms with Crippen molar-refractivity contribution >= 4 is 11.6 Å². The van der Waals surface area contributed by atoms with E-state index < -0.39 is 0 Å². The van der Waals surface area contributed by atoms with Crippen LogP contribution in [0.5, 0.6) is 0 Å². The lowest BCUT2D eigenvalue weighted by Gasteiger charge is -2.51. The Bertz CT molecular complexity index is 504. The monoisotopic (exact) mass is 272 g/mol. The first-order valence-electron chi connectivity index (χ1n) is 8.38. The molecule has 4 rings (SSSR count). The molecule has 0 unspecified atom stereocenters. The van der Waals surface area contributed by atoms with Gasteiger partial charge in [-0.1, -0.05) is 18.6 Å². The highest BCUT2D eigenvalue weighted by atomic mass is 16.2. The van der Waals surface area contributed by atoms with Crippen molar-refractivity contribution in [3.63, 3.8) is 0 Å². The number of carbonyl (C=O) groups excluding carboxylic acids is 2. The maximum atomic E-state index is 12.3. The van der Waals surface area contributed by atoms with Crippen molar-refractivity contribution in [1.82, 2.24) is 0 Å². The first-order chi connectivity index (χ1) is 9.61. The molecule has 0 saturated heterocycles. The topological polar surface area (TPSA) is 34.1 Å². The van der Waals surface area contributed by atoms with Crippen molar-refractivity contribution < 1.29 is 9.59 Å². The fourth-order valence-electron chi connectivity index (χ4n) is 5.89. The number of carbonyl (C=O) groups is 2. The molecule has 0 spiro atoms. The molecule has 0 aliphatic heterocycles. The summed E-state index contributed by atoms with van der Waals surface area (Å²) in [7, 11) is 0. The van der Waals surface area contributed by atoms with E-state index in [2.05, 4.69) is 13.0 Å². The molecule has 0 aromatic rings. The van der Waals surface area contributed by atoms with E-state index in [4.69, 9.17) is 0 Å². The van der Waals surface area contributed by atoms with Crippen LogP contribution < -0.4 is 0 Å². The van der Waals surface area contributed by atoms with E-state index in [9.17, 15) is 9.59 Å². The second-order valence-electron chi connectivity index (χ2n) is 7.70. The number of ketones is 2. The van der Waals surface area contributed by atoms with Gasteiger partial charge in [0.1, 0.15) is 0 Å². The number of allylic oxidation sites excluding steroid dienone is 2. The molecule has 4 aliphatic rings. The third-order valence-electron chi connectivity index (χ3n) is 6.94. The van der Waals surface area contributed by atoms with Crippen LogP contribution in [-0.2, 0) is 9.59 Å². The molecule has 0 N–H and O–H groups in total. The van der Waals surface area contributed by atoms with E-state index in [1.165, 1.54) is 38.5 Å². The van der Waals surface area contributed by atoms with Crippen molar-refractivity contribution in [3.8, 4) is 0 Å². The Balaban J connectivity index is 1.67. The second-order valence-corrected chi connectivity index (χ2v) is 7.70. The van der Waals surface area contributed by atoms with Crippen LogP contribution in [0.15, 0.2) is 11.6 Å². The Kier molecular flexibility index (Phi) is 2.74. The Morgan fingerprint density at radius 1 is 1.15 bits per heavy atom. The molecule has 0 heterocycles. The van der Waals surface area contributed by atoms with Crippen LogP contribution in [0, 0.1) is 29.1 Å². The average Bonchev–Trinajstić information content (AvgIpc) is 2.71. The number of fused-ring (bicyclic) bond motifs is 5. The van der Waals surface area contributed by atoms with E-state index in [0.717, 1.165) is 18.3 Å². The van der Waals surface area contributed by atoms with Crippen molar-refractivity contribution in [1.29, 1.82) is 0 Å². The smallest absolute Gasteiger partial charge is 0.204 e. The van der Waals surface area contributed by atoms with Gasteiger partial charge in [0.05, 0.1) is 0 Å². The van der Waals surface area contributed by atoms with Crippen LogP contribution >= 0.6 is 0 Å². The van der Waals surface area contributed by atoms with Crippen molar-refractivity contribution in [2.24, 2.45) is 29.1 Å². The van der Waals surface area contributed by atoms with Gasteiger partial charge in [-0.2, -0.15) is 0 Å². The van der Waals surface area contributed by atoms with Gasteiger partial charge in [-0.3, -0.25) is 9.59 Å². The predicted octanol–water partition coefficient (Wildman–Crippen LogP) is 3.70. The summed E-state index contributed by atoms with van der Waals surface area (Å²) in [6, 6.07) is 0. The summed E-state index contributed by atoms with van der Waals surface area (Å²) in [4.78, 5) is 24.2. The van der Waals surface area contributed by atoms with Crippen LogP contribution in [-0.4, -0.2) is 11.6 Å². The molecule has 2 heteroatoms.